The molecule has 27 heavy (non-hydrogen) atoms. The highest BCUT2D eigenvalue weighted by Gasteiger charge is 2.04. The first-order chi connectivity index (χ1) is 13.1. The van der Waals surface area contributed by atoms with Gasteiger partial charge in [0.15, 0.2) is 5.11 Å². The quantitative estimate of drug-likeness (QED) is 0.224. The maximum absolute atomic E-state index is 10.7. The molecule has 0 bridgehead atoms. The number of unbranched alkanes of at least 4 members (excludes halogenated alkanes) is 1. The first kappa shape index (κ1) is 20.3. The molecule has 2 rings (SSSR count). The lowest BCUT2D eigenvalue weighted by Crippen LogP contribution is -2.31. The summed E-state index contributed by atoms with van der Waals surface area (Å²) >= 11 is 5.16. The second-order valence-electron chi connectivity index (χ2n) is 5.75. The van der Waals surface area contributed by atoms with Crippen LogP contribution in [0.4, 0.5) is 5.69 Å². The molecule has 0 fully saturated rings. The van der Waals surface area contributed by atoms with Gasteiger partial charge in [-0.2, -0.15) is 5.10 Å². The molecule has 7 nitrogen and oxygen atoms in total. The van der Waals surface area contributed by atoms with Crippen LogP contribution in [0.25, 0.3) is 0 Å². The van der Waals surface area contributed by atoms with Crippen LogP contribution in [0.2, 0.25) is 0 Å². The molecule has 0 unspecified atom stereocenters. The van der Waals surface area contributed by atoms with E-state index in [1.165, 1.54) is 18.3 Å². The smallest absolute Gasteiger partial charge is 0.270 e. The molecule has 0 saturated heterocycles. The van der Waals surface area contributed by atoms with E-state index in [2.05, 4.69) is 22.8 Å². The summed E-state index contributed by atoms with van der Waals surface area (Å²) in [5.41, 5.74) is 4.38. The van der Waals surface area contributed by atoms with Crippen molar-refractivity contribution in [2.45, 2.75) is 26.3 Å². The first-order valence-electron chi connectivity index (χ1n) is 8.61. The van der Waals surface area contributed by atoms with E-state index in [9.17, 15) is 10.1 Å². The minimum absolute atomic E-state index is 0.0155. The van der Waals surface area contributed by atoms with Crippen LogP contribution in [0.3, 0.4) is 0 Å². The van der Waals surface area contributed by atoms with Crippen molar-refractivity contribution < 1.29 is 9.66 Å². The summed E-state index contributed by atoms with van der Waals surface area (Å²) in [5.74, 6) is 0.856. The van der Waals surface area contributed by atoms with Crippen molar-refractivity contribution in [2.24, 2.45) is 5.10 Å². The van der Waals surface area contributed by atoms with Gasteiger partial charge in [0.05, 0.1) is 17.7 Å². The van der Waals surface area contributed by atoms with Crippen molar-refractivity contribution in [1.82, 2.24) is 10.7 Å². The van der Waals surface area contributed by atoms with Gasteiger partial charge in [-0.3, -0.25) is 15.5 Å². The Morgan fingerprint density at radius 2 is 2.07 bits per heavy atom. The van der Waals surface area contributed by atoms with Crippen LogP contribution < -0.4 is 15.5 Å². The van der Waals surface area contributed by atoms with Crippen molar-refractivity contribution in [1.29, 1.82) is 0 Å². The van der Waals surface area contributed by atoms with E-state index in [0.29, 0.717) is 17.2 Å². The SMILES string of the molecule is CCCCOc1ccc(CNC(=S)NN=Cc2cccc([N+](=O)[O-])c2)cc1. The van der Waals surface area contributed by atoms with Crippen LogP contribution >= 0.6 is 12.2 Å². The zero-order valence-electron chi connectivity index (χ0n) is 15.1. The number of ether oxygens (including phenoxy) is 1. The van der Waals surface area contributed by atoms with E-state index in [1.807, 2.05) is 24.3 Å². The normalized spacial score (nSPS) is 10.6. The highest BCUT2D eigenvalue weighted by atomic mass is 32.1. The Hall–Kier alpha value is -3.00. The van der Waals surface area contributed by atoms with Crippen LogP contribution in [0, 0.1) is 10.1 Å². The number of non-ortho nitro benzene ring substituents is 1. The van der Waals surface area contributed by atoms with E-state index in [-0.39, 0.29) is 5.69 Å². The molecule has 0 aliphatic heterocycles. The number of nitro groups is 1. The van der Waals surface area contributed by atoms with Gasteiger partial charge in [0.2, 0.25) is 0 Å². The summed E-state index contributed by atoms with van der Waals surface area (Å²) in [6.45, 7) is 3.40. The van der Waals surface area contributed by atoms with Gasteiger partial charge in [-0.15, -0.1) is 0 Å². The molecule has 0 spiro atoms. The number of rotatable bonds is 9. The zero-order valence-corrected chi connectivity index (χ0v) is 15.9. The number of nitrogens with one attached hydrogen (secondary N) is 2. The number of nitrogens with zero attached hydrogens (tertiary/aromatic N) is 2. The number of benzene rings is 2. The van der Waals surface area contributed by atoms with Crippen LogP contribution in [-0.2, 0) is 6.54 Å². The Morgan fingerprint density at radius 3 is 2.78 bits per heavy atom. The third kappa shape index (κ3) is 7.41. The Bertz CT molecular complexity index is 794. The molecule has 0 amide bonds. The highest BCUT2D eigenvalue weighted by molar-refractivity contribution is 7.80. The van der Waals surface area contributed by atoms with E-state index in [0.717, 1.165) is 30.8 Å². The average Bonchev–Trinajstić information content (AvgIpc) is 2.68. The Morgan fingerprint density at radius 1 is 1.30 bits per heavy atom. The van der Waals surface area contributed by atoms with Crippen molar-refractivity contribution in [3.8, 4) is 5.75 Å². The number of hydrogen-bond donors (Lipinski definition) is 2. The molecule has 0 heterocycles. The van der Waals surface area contributed by atoms with Gasteiger partial charge in [0.1, 0.15) is 5.75 Å². The Labute approximate surface area is 163 Å². The lowest BCUT2D eigenvalue weighted by molar-refractivity contribution is -0.384. The van der Waals surface area contributed by atoms with E-state index in [1.54, 1.807) is 12.1 Å². The maximum Gasteiger partial charge on any atom is 0.270 e. The maximum atomic E-state index is 10.7. The zero-order chi connectivity index (χ0) is 19.5. The molecular weight excluding hydrogens is 364 g/mol. The lowest BCUT2D eigenvalue weighted by atomic mass is 10.2. The topological polar surface area (TPSA) is 88.8 Å². The van der Waals surface area contributed by atoms with E-state index >= 15 is 0 Å². The first-order valence-corrected chi connectivity index (χ1v) is 9.02. The van der Waals surface area contributed by atoms with E-state index in [4.69, 9.17) is 17.0 Å². The molecule has 142 valence electrons. The molecule has 2 aromatic rings. The molecule has 0 saturated carbocycles. The van der Waals surface area contributed by atoms with Gasteiger partial charge >= 0.3 is 0 Å². The molecular formula is C19H22N4O3S. The molecule has 8 heteroatoms. The van der Waals surface area contributed by atoms with Gasteiger partial charge in [-0.1, -0.05) is 37.6 Å². The van der Waals surface area contributed by atoms with E-state index < -0.39 is 4.92 Å². The summed E-state index contributed by atoms with van der Waals surface area (Å²) in [6, 6.07) is 14.0. The fraction of sp³-hybridized carbons (Fsp3) is 0.263. The van der Waals surface area contributed by atoms with Crippen molar-refractivity contribution >= 4 is 29.2 Å². The predicted octanol–water partition coefficient (Wildman–Crippen LogP) is 3.77. The second-order valence-corrected chi connectivity index (χ2v) is 6.16. The Balaban J connectivity index is 1.76. The number of hydrogen-bond acceptors (Lipinski definition) is 5. The summed E-state index contributed by atoms with van der Waals surface area (Å²) < 4.78 is 5.63. The minimum Gasteiger partial charge on any atom is -0.494 e. The van der Waals surface area contributed by atoms with Crippen LogP contribution in [0.15, 0.2) is 53.6 Å². The minimum atomic E-state index is -0.447. The fourth-order valence-corrected chi connectivity index (χ4v) is 2.27. The molecule has 0 atom stereocenters. The largest absolute Gasteiger partial charge is 0.494 e. The molecule has 0 aromatic heterocycles. The predicted molar refractivity (Wildman–Crippen MR) is 110 cm³/mol. The fourth-order valence-electron chi connectivity index (χ4n) is 2.14. The van der Waals surface area contributed by atoms with Crippen molar-refractivity contribution in [3.63, 3.8) is 0 Å². The molecule has 0 aliphatic rings. The third-order valence-corrected chi connectivity index (χ3v) is 3.84. The van der Waals surface area contributed by atoms with Gasteiger partial charge in [0, 0.05) is 24.2 Å². The summed E-state index contributed by atoms with van der Waals surface area (Å²) in [6.07, 6.45) is 3.62. The van der Waals surface area contributed by atoms with Gasteiger partial charge in [-0.25, -0.2) is 0 Å². The van der Waals surface area contributed by atoms with Gasteiger partial charge in [-0.05, 0) is 36.3 Å². The monoisotopic (exact) mass is 386 g/mol. The van der Waals surface area contributed by atoms with Crippen LogP contribution in [0.1, 0.15) is 30.9 Å². The number of thiocarbonyl (C=S) groups is 1. The second kappa shape index (κ2) is 10.9. The third-order valence-electron chi connectivity index (χ3n) is 3.60. The number of nitro benzene ring substituents is 1. The van der Waals surface area contributed by atoms with Gasteiger partial charge in [0.25, 0.3) is 5.69 Å². The molecule has 0 aliphatic carbocycles. The molecule has 2 N–H and O–H groups in total. The average molecular weight is 386 g/mol. The molecule has 2 aromatic carbocycles. The standard InChI is InChI=1S/C19H22N4O3S/c1-2-3-11-26-18-9-7-15(8-10-18)13-20-19(27)22-21-14-16-5-4-6-17(12-16)23(24)25/h4-10,12,14H,2-3,11,13H2,1H3,(H2,20,22,27). The summed E-state index contributed by atoms with van der Waals surface area (Å²) in [5, 5.41) is 18.1. The molecule has 0 radical (unpaired) electrons. The highest BCUT2D eigenvalue weighted by Crippen LogP contribution is 2.13. The van der Waals surface area contributed by atoms with Crippen LogP contribution in [-0.4, -0.2) is 22.9 Å². The van der Waals surface area contributed by atoms with Crippen molar-refractivity contribution in [2.75, 3.05) is 6.61 Å². The summed E-state index contributed by atoms with van der Waals surface area (Å²) in [7, 11) is 0. The summed E-state index contributed by atoms with van der Waals surface area (Å²) in [4.78, 5) is 10.3. The lowest BCUT2D eigenvalue weighted by Gasteiger charge is -2.09. The van der Waals surface area contributed by atoms with Crippen LogP contribution in [0.5, 0.6) is 5.75 Å². The Kier molecular flexibility index (Phi) is 8.18. The van der Waals surface area contributed by atoms with Gasteiger partial charge < -0.3 is 10.1 Å². The van der Waals surface area contributed by atoms with Crippen molar-refractivity contribution in [3.05, 3.63) is 69.8 Å². The number of hydrazone groups is 1.